The summed E-state index contributed by atoms with van der Waals surface area (Å²) in [5.74, 6) is -5.88. The number of nitrogens with zero attached hydrogens (tertiary/aromatic N) is 2. The van der Waals surface area contributed by atoms with Crippen molar-refractivity contribution in [1.82, 2.24) is 10.2 Å². The van der Waals surface area contributed by atoms with Crippen molar-refractivity contribution in [3.63, 3.8) is 0 Å². The Morgan fingerprint density at radius 1 is 0.880 bits per heavy atom. The average molecular weight is 352 g/mol. The molecule has 1 heterocycles. The molecule has 1 aromatic heterocycles. The van der Waals surface area contributed by atoms with E-state index in [2.05, 4.69) is 20.8 Å². The Morgan fingerprint density at radius 3 is 2.36 bits per heavy atom. The van der Waals surface area contributed by atoms with Crippen LogP contribution >= 0.6 is 0 Å². The number of carbonyl (C=O) groups excluding carboxylic acids is 1. The van der Waals surface area contributed by atoms with Gasteiger partial charge in [-0.15, -0.1) is 5.10 Å². The number of aromatic nitrogens is 2. The quantitative estimate of drug-likeness (QED) is 0.554. The van der Waals surface area contributed by atoms with Gasteiger partial charge >= 0.3 is 17.8 Å². The first-order valence-corrected chi connectivity index (χ1v) is 6.75. The van der Waals surface area contributed by atoms with Crippen LogP contribution in [-0.2, 0) is 0 Å². The van der Waals surface area contributed by atoms with E-state index in [0.717, 1.165) is 6.07 Å². The fourth-order valence-corrected chi connectivity index (χ4v) is 1.84. The number of benzene rings is 2. The lowest BCUT2D eigenvalue weighted by molar-refractivity contribution is 0.0990. The highest BCUT2D eigenvalue weighted by Gasteiger charge is 2.18. The van der Waals surface area contributed by atoms with Crippen molar-refractivity contribution < 1.29 is 26.8 Å². The predicted molar refractivity (Wildman–Crippen MR) is 78.2 cm³/mol. The van der Waals surface area contributed by atoms with E-state index in [-0.39, 0.29) is 5.69 Å². The number of rotatable bonds is 4. The molecule has 0 unspecified atom stereocenters. The van der Waals surface area contributed by atoms with Gasteiger partial charge < -0.3 is 15.1 Å². The van der Waals surface area contributed by atoms with Crippen LogP contribution in [0.3, 0.4) is 0 Å². The second-order valence-electron chi connectivity index (χ2n) is 4.72. The number of para-hydroxylation sites is 1. The third-order valence-electron chi connectivity index (χ3n) is 2.99. The molecule has 128 valence electrons. The van der Waals surface area contributed by atoms with Gasteiger partial charge in [-0.25, -0.2) is 17.6 Å². The minimum Gasteiger partial charge on any atom is -0.399 e. The number of carbonyl (C=O) groups is 1. The van der Waals surface area contributed by atoms with Gasteiger partial charge in [-0.05, 0) is 12.1 Å². The van der Waals surface area contributed by atoms with Gasteiger partial charge in [-0.3, -0.25) is 4.79 Å². The molecule has 0 aliphatic carbocycles. The smallest absolute Gasteiger partial charge is 0.320 e. The number of halogens is 4. The monoisotopic (exact) mass is 352 g/mol. The molecule has 3 aromatic rings. The maximum Gasteiger partial charge on any atom is 0.320 e. The maximum atomic E-state index is 13.5. The molecule has 25 heavy (non-hydrogen) atoms. The first-order valence-electron chi connectivity index (χ1n) is 6.75. The third kappa shape index (κ3) is 3.57. The van der Waals surface area contributed by atoms with Crippen LogP contribution in [0.5, 0.6) is 0 Å². The predicted octanol–water partition coefficient (Wildman–Crippen LogP) is 3.62. The Kier molecular flexibility index (Phi) is 4.33. The van der Waals surface area contributed by atoms with Gasteiger partial charge in [0.15, 0.2) is 11.6 Å². The normalized spacial score (nSPS) is 10.6. The topological polar surface area (TPSA) is 80.0 Å². The molecule has 0 aliphatic rings. The van der Waals surface area contributed by atoms with Gasteiger partial charge in [0.2, 0.25) is 0 Å². The van der Waals surface area contributed by atoms with E-state index in [1.54, 1.807) is 0 Å². The highest BCUT2D eigenvalue weighted by molar-refractivity contribution is 6.01. The van der Waals surface area contributed by atoms with Crippen molar-refractivity contribution in [1.29, 1.82) is 0 Å². The summed E-state index contributed by atoms with van der Waals surface area (Å²) in [7, 11) is 0. The summed E-state index contributed by atoms with van der Waals surface area (Å²) in [6.45, 7) is 0. The molecule has 0 saturated heterocycles. The maximum absolute atomic E-state index is 13.5. The summed E-state index contributed by atoms with van der Waals surface area (Å²) < 4.78 is 57.9. The van der Waals surface area contributed by atoms with Crippen molar-refractivity contribution in [3.8, 4) is 0 Å². The van der Waals surface area contributed by atoms with E-state index in [1.165, 1.54) is 18.2 Å². The van der Waals surface area contributed by atoms with Crippen LogP contribution in [0.25, 0.3) is 0 Å². The van der Waals surface area contributed by atoms with Crippen LogP contribution in [0, 0.1) is 23.3 Å². The number of hydrogen-bond donors (Lipinski definition) is 2. The zero-order valence-electron chi connectivity index (χ0n) is 12.2. The molecule has 0 aliphatic heterocycles. The molecule has 0 radical (unpaired) electrons. The van der Waals surface area contributed by atoms with Crippen LogP contribution in [0.4, 0.5) is 35.0 Å². The Labute approximate surface area is 137 Å². The number of anilines is 3. The van der Waals surface area contributed by atoms with Gasteiger partial charge in [0.25, 0.3) is 0 Å². The van der Waals surface area contributed by atoms with Crippen molar-refractivity contribution >= 4 is 23.3 Å². The molecule has 1 amide bonds. The van der Waals surface area contributed by atoms with Gasteiger partial charge in [-0.1, -0.05) is 17.2 Å². The summed E-state index contributed by atoms with van der Waals surface area (Å²) in [6.07, 6.45) is 0. The molecule has 3 rings (SSSR count). The van der Waals surface area contributed by atoms with Gasteiger partial charge in [0.05, 0.1) is 11.4 Å². The molecule has 0 fully saturated rings. The first kappa shape index (κ1) is 16.4. The van der Waals surface area contributed by atoms with Crippen molar-refractivity contribution in [2.75, 3.05) is 10.6 Å². The SMILES string of the molecule is O=C(Nc1ccccc1F)c1nnc(Nc2cc(F)c(F)cc2F)o1. The molecule has 0 atom stereocenters. The molecule has 10 heteroatoms. The second kappa shape index (κ2) is 6.59. The molecular formula is C15H8F4N4O2. The fraction of sp³-hybridized carbons (Fsp3) is 0. The van der Waals surface area contributed by atoms with Crippen molar-refractivity contribution in [2.24, 2.45) is 0 Å². The lowest BCUT2D eigenvalue weighted by Crippen LogP contribution is -2.13. The van der Waals surface area contributed by atoms with E-state index in [0.29, 0.717) is 12.1 Å². The van der Waals surface area contributed by atoms with Gasteiger partial charge in [0.1, 0.15) is 11.6 Å². The highest BCUT2D eigenvalue weighted by atomic mass is 19.2. The fourth-order valence-electron chi connectivity index (χ4n) is 1.84. The second-order valence-corrected chi connectivity index (χ2v) is 4.72. The lowest BCUT2D eigenvalue weighted by atomic mass is 10.3. The summed E-state index contributed by atoms with van der Waals surface area (Å²) >= 11 is 0. The largest absolute Gasteiger partial charge is 0.399 e. The van der Waals surface area contributed by atoms with E-state index >= 15 is 0 Å². The van der Waals surface area contributed by atoms with Crippen molar-refractivity contribution in [3.05, 3.63) is 65.6 Å². The zero-order chi connectivity index (χ0) is 18.0. The summed E-state index contributed by atoms with van der Waals surface area (Å²) in [6, 6.07) is 5.85. The molecule has 2 N–H and O–H groups in total. The minimum absolute atomic E-state index is 0.105. The summed E-state index contributed by atoms with van der Waals surface area (Å²) in [5, 5.41) is 11.3. The van der Waals surface area contributed by atoms with Crippen molar-refractivity contribution in [2.45, 2.75) is 0 Å². The van der Waals surface area contributed by atoms with Gasteiger partial charge in [-0.2, -0.15) is 0 Å². The van der Waals surface area contributed by atoms with Crippen LogP contribution in [-0.4, -0.2) is 16.1 Å². The van der Waals surface area contributed by atoms with Gasteiger partial charge in [0, 0.05) is 12.1 Å². The molecule has 0 bridgehead atoms. The standard InChI is InChI=1S/C15H8F4N4O2/c16-7-3-1-2-4-11(7)20-13(24)14-22-23-15(25-14)21-12-6-9(18)8(17)5-10(12)19/h1-6H,(H,20,24)(H,21,23). The van der Waals surface area contributed by atoms with E-state index in [9.17, 15) is 22.4 Å². The Balaban J connectivity index is 1.75. The third-order valence-corrected chi connectivity index (χ3v) is 2.99. The lowest BCUT2D eigenvalue weighted by Gasteiger charge is -2.04. The Bertz CT molecular complexity index is 945. The molecule has 6 nitrogen and oxygen atoms in total. The van der Waals surface area contributed by atoms with E-state index in [1.807, 2.05) is 0 Å². The number of amides is 1. The van der Waals surface area contributed by atoms with Crippen LogP contribution < -0.4 is 10.6 Å². The molecule has 2 aromatic carbocycles. The summed E-state index contributed by atoms with van der Waals surface area (Å²) in [4.78, 5) is 11.9. The average Bonchev–Trinajstić information content (AvgIpc) is 3.03. The number of nitrogens with one attached hydrogen (secondary N) is 2. The molecule has 0 spiro atoms. The Morgan fingerprint density at radius 2 is 1.60 bits per heavy atom. The zero-order valence-corrected chi connectivity index (χ0v) is 12.2. The van der Waals surface area contributed by atoms with Crippen LogP contribution in [0.15, 0.2) is 40.8 Å². The first-order chi connectivity index (χ1) is 11.9. The van der Waals surface area contributed by atoms with Crippen LogP contribution in [0.2, 0.25) is 0 Å². The van der Waals surface area contributed by atoms with E-state index in [4.69, 9.17) is 4.42 Å². The van der Waals surface area contributed by atoms with E-state index < -0.39 is 46.8 Å². The highest BCUT2D eigenvalue weighted by Crippen LogP contribution is 2.22. The van der Waals surface area contributed by atoms with Crippen LogP contribution in [0.1, 0.15) is 10.7 Å². The Hall–Kier alpha value is -3.43. The molecule has 0 saturated carbocycles. The number of hydrogen-bond acceptors (Lipinski definition) is 5. The summed E-state index contributed by atoms with van der Waals surface area (Å²) in [5.41, 5.74) is -0.574. The molecular weight excluding hydrogens is 344 g/mol. The minimum atomic E-state index is -1.36.